The van der Waals surface area contributed by atoms with Crippen molar-refractivity contribution in [3.63, 3.8) is 0 Å². The first-order valence-electron chi connectivity index (χ1n) is 6.61. The number of halogens is 1. The van der Waals surface area contributed by atoms with Gasteiger partial charge < -0.3 is 10.6 Å². The van der Waals surface area contributed by atoms with Crippen molar-refractivity contribution in [2.45, 2.75) is 26.8 Å². The molecule has 0 aliphatic rings. The van der Waals surface area contributed by atoms with E-state index in [1.807, 2.05) is 19.1 Å². The van der Waals surface area contributed by atoms with E-state index in [0.29, 0.717) is 6.54 Å². The van der Waals surface area contributed by atoms with Crippen molar-refractivity contribution in [3.05, 3.63) is 40.4 Å². The number of hydrogen-bond acceptors (Lipinski definition) is 5. The fourth-order valence-corrected chi connectivity index (χ4v) is 2.22. The average molecular weight is 336 g/mol. The van der Waals surface area contributed by atoms with Crippen molar-refractivity contribution in [2.24, 2.45) is 0 Å². The molecule has 0 radical (unpaired) electrons. The fourth-order valence-electron chi connectivity index (χ4n) is 1.73. The van der Waals surface area contributed by atoms with Gasteiger partial charge in [-0.3, -0.25) is 4.98 Å². The Bertz CT molecular complexity index is 573. The number of hydrogen-bond donors (Lipinski definition) is 2. The molecule has 106 valence electrons. The minimum absolute atomic E-state index is 0.634. The molecule has 0 fully saturated rings. The van der Waals surface area contributed by atoms with E-state index in [-0.39, 0.29) is 0 Å². The van der Waals surface area contributed by atoms with Crippen molar-refractivity contribution in [3.8, 4) is 0 Å². The Morgan fingerprint density at radius 1 is 1.15 bits per heavy atom. The van der Waals surface area contributed by atoms with Crippen LogP contribution in [0.5, 0.6) is 0 Å². The molecule has 2 rings (SSSR count). The van der Waals surface area contributed by atoms with E-state index in [1.165, 1.54) is 0 Å². The molecule has 20 heavy (non-hydrogen) atoms. The van der Waals surface area contributed by atoms with Gasteiger partial charge in [0.2, 0.25) is 0 Å². The smallest absolute Gasteiger partial charge is 0.146 e. The van der Waals surface area contributed by atoms with E-state index in [9.17, 15) is 0 Å². The number of nitrogens with one attached hydrogen (secondary N) is 2. The maximum Gasteiger partial charge on any atom is 0.146 e. The summed E-state index contributed by atoms with van der Waals surface area (Å²) in [4.78, 5) is 12.8. The Hall–Kier alpha value is -1.69. The summed E-state index contributed by atoms with van der Waals surface area (Å²) in [5.41, 5.74) is 2.18. The second-order valence-corrected chi connectivity index (χ2v) is 5.23. The highest BCUT2D eigenvalue weighted by Crippen LogP contribution is 2.26. The Morgan fingerprint density at radius 3 is 2.60 bits per heavy atom. The first-order chi connectivity index (χ1) is 9.72. The summed E-state index contributed by atoms with van der Waals surface area (Å²) in [5, 5.41) is 6.55. The number of anilines is 2. The second-order valence-electron chi connectivity index (χ2n) is 4.43. The first kappa shape index (κ1) is 14.7. The molecule has 5 nitrogen and oxygen atoms in total. The summed E-state index contributed by atoms with van der Waals surface area (Å²) in [5.74, 6) is 1.57. The Kier molecular flexibility index (Phi) is 5.29. The topological polar surface area (TPSA) is 62.7 Å². The lowest BCUT2D eigenvalue weighted by Gasteiger charge is -2.11. The zero-order valence-corrected chi connectivity index (χ0v) is 13.2. The maximum absolute atomic E-state index is 4.36. The lowest BCUT2D eigenvalue weighted by Crippen LogP contribution is -2.08. The highest BCUT2D eigenvalue weighted by atomic mass is 79.9. The quantitative estimate of drug-likeness (QED) is 0.847. The number of pyridine rings is 1. The molecular weight excluding hydrogens is 318 g/mol. The monoisotopic (exact) mass is 335 g/mol. The van der Waals surface area contributed by atoms with Gasteiger partial charge in [-0.2, -0.15) is 0 Å². The summed E-state index contributed by atoms with van der Waals surface area (Å²) >= 11 is 3.53. The van der Waals surface area contributed by atoms with Crippen LogP contribution in [0.2, 0.25) is 0 Å². The second kappa shape index (κ2) is 7.19. The third-order valence-electron chi connectivity index (χ3n) is 2.87. The van der Waals surface area contributed by atoms with Crippen molar-refractivity contribution in [2.75, 3.05) is 17.2 Å². The molecule has 6 heteroatoms. The van der Waals surface area contributed by atoms with Crippen molar-refractivity contribution < 1.29 is 0 Å². The van der Waals surface area contributed by atoms with Crippen LogP contribution in [0, 0.1) is 6.92 Å². The molecule has 0 bridgehead atoms. The van der Waals surface area contributed by atoms with Gasteiger partial charge in [-0.25, -0.2) is 9.97 Å². The highest BCUT2D eigenvalue weighted by molar-refractivity contribution is 9.10. The zero-order valence-electron chi connectivity index (χ0n) is 11.7. The Labute approximate surface area is 127 Å². The van der Waals surface area contributed by atoms with Crippen LogP contribution in [0.4, 0.5) is 11.6 Å². The summed E-state index contributed by atoms with van der Waals surface area (Å²) in [6, 6.07) is 3.99. The van der Waals surface area contributed by atoms with Crippen molar-refractivity contribution in [1.82, 2.24) is 15.0 Å². The lowest BCUT2D eigenvalue weighted by molar-refractivity contribution is 0.956. The molecule has 2 heterocycles. The summed E-state index contributed by atoms with van der Waals surface area (Å²) in [7, 11) is 0. The first-order valence-corrected chi connectivity index (χ1v) is 7.40. The third-order valence-corrected chi connectivity index (χ3v) is 3.62. The average Bonchev–Trinajstić information content (AvgIpc) is 2.46. The maximum atomic E-state index is 4.36. The lowest BCUT2D eigenvalue weighted by atomic mass is 10.2. The SMILES string of the molecule is CCCNc1ncnc(NCc2ncccc2C)c1Br. The molecule has 0 aromatic carbocycles. The van der Waals surface area contributed by atoms with Crippen LogP contribution in [0.25, 0.3) is 0 Å². The molecule has 0 atom stereocenters. The minimum atomic E-state index is 0.634. The number of aryl methyl sites for hydroxylation is 1. The van der Waals surface area contributed by atoms with E-state index < -0.39 is 0 Å². The van der Waals surface area contributed by atoms with E-state index >= 15 is 0 Å². The molecule has 2 aromatic rings. The molecule has 2 aromatic heterocycles. The molecule has 0 unspecified atom stereocenters. The zero-order chi connectivity index (χ0) is 14.4. The predicted octanol–water partition coefficient (Wildman–Crippen LogP) is 3.38. The van der Waals surface area contributed by atoms with E-state index in [2.05, 4.69) is 48.4 Å². The predicted molar refractivity (Wildman–Crippen MR) is 84.8 cm³/mol. The minimum Gasteiger partial charge on any atom is -0.369 e. The van der Waals surface area contributed by atoms with Crippen LogP contribution in [0.1, 0.15) is 24.6 Å². The fraction of sp³-hybridized carbons (Fsp3) is 0.357. The number of rotatable bonds is 6. The normalized spacial score (nSPS) is 10.3. The highest BCUT2D eigenvalue weighted by Gasteiger charge is 2.08. The number of aromatic nitrogens is 3. The van der Waals surface area contributed by atoms with Gasteiger partial charge in [0.15, 0.2) is 0 Å². The van der Waals surface area contributed by atoms with Crippen LogP contribution in [-0.4, -0.2) is 21.5 Å². The van der Waals surface area contributed by atoms with Gasteiger partial charge in [-0.15, -0.1) is 0 Å². The summed E-state index contributed by atoms with van der Waals surface area (Å²) in [6.07, 6.45) is 4.40. The van der Waals surface area contributed by atoms with Crippen LogP contribution < -0.4 is 10.6 Å². The molecule has 2 N–H and O–H groups in total. The van der Waals surface area contributed by atoms with Gasteiger partial charge in [0, 0.05) is 12.7 Å². The standard InChI is InChI=1S/C14H18BrN5/c1-3-6-17-13-12(15)14(20-9-19-13)18-8-11-10(2)5-4-7-16-11/h4-5,7,9H,3,6,8H2,1-2H3,(H2,17,18,19,20). The van der Waals surface area contributed by atoms with Crippen molar-refractivity contribution >= 4 is 27.6 Å². The molecule has 0 aliphatic carbocycles. The molecule has 0 saturated heterocycles. The van der Waals surface area contributed by atoms with E-state index in [1.54, 1.807) is 12.5 Å². The molecule has 0 spiro atoms. The summed E-state index contributed by atoms with van der Waals surface area (Å²) in [6.45, 7) is 5.68. The van der Waals surface area contributed by atoms with Gasteiger partial charge in [-0.1, -0.05) is 13.0 Å². The van der Waals surface area contributed by atoms with Crippen molar-refractivity contribution in [1.29, 1.82) is 0 Å². The van der Waals surface area contributed by atoms with E-state index in [4.69, 9.17) is 0 Å². The van der Waals surface area contributed by atoms with Crippen LogP contribution >= 0.6 is 15.9 Å². The third kappa shape index (κ3) is 3.66. The van der Waals surface area contributed by atoms with Crippen LogP contribution in [0.15, 0.2) is 29.1 Å². The van der Waals surface area contributed by atoms with Gasteiger partial charge in [-0.05, 0) is 40.9 Å². The molecule has 0 saturated carbocycles. The van der Waals surface area contributed by atoms with Crippen LogP contribution in [0.3, 0.4) is 0 Å². The van der Waals surface area contributed by atoms with Crippen LogP contribution in [-0.2, 0) is 6.54 Å². The molecule has 0 amide bonds. The molecular formula is C14H18BrN5. The number of nitrogens with zero attached hydrogens (tertiary/aromatic N) is 3. The van der Waals surface area contributed by atoms with Gasteiger partial charge in [0.1, 0.15) is 22.4 Å². The Balaban J connectivity index is 2.08. The Morgan fingerprint density at radius 2 is 1.90 bits per heavy atom. The van der Waals surface area contributed by atoms with Gasteiger partial charge in [0.05, 0.1) is 12.2 Å². The van der Waals surface area contributed by atoms with E-state index in [0.717, 1.165) is 40.3 Å². The largest absolute Gasteiger partial charge is 0.369 e. The summed E-state index contributed by atoms with van der Waals surface area (Å²) < 4.78 is 0.849. The van der Waals surface area contributed by atoms with Gasteiger partial charge in [0.25, 0.3) is 0 Å². The molecule has 0 aliphatic heterocycles. The van der Waals surface area contributed by atoms with Gasteiger partial charge >= 0.3 is 0 Å².